The number of halogens is 1. The maximum absolute atomic E-state index is 13.8. The number of rotatable bonds is 6. The summed E-state index contributed by atoms with van der Waals surface area (Å²) in [6, 6.07) is 16.8. The molecule has 0 aliphatic heterocycles. The molecule has 0 heterocycles. The van der Waals surface area contributed by atoms with Gasteiger partial charge in [-0.25, -0.2) is 12.8 Å². The molecule has 5 nitrogen and oxygen atoms in total. The number of para-hydroxylation sites is 1. The Morgan fingerprint density at radius 3 is 2.37 bits per heavy atom. The van der Waals surface area contributed by atoms with Gasteiger partial charge in [0.15, 0.2) is 0 Å². The summed E-state index contributed by atoms with van der Waals surface area (Å²) in [6.07, 6.45) is 0. The Balaban J connectivity index is 1.79. The number of sulfonamides is 1. The Kier molecular flexibility index (Phi) is 6.22. The molecular weight excluding hydrogens is 403 g/mol. The van der Waals surface area contributed by atoms with Crippen LogP contribution in [0.25, 0.3) is 0 Å². The van der Waals surface area contributed by atoms with Crippen LogP contribution in [-0.2, 0) is 10.0 Å². The Morgan fingerprint density at radius 1 is 0.933 bits per heavy atom. The SMILES string of the molecule is Cc1ccc(C(C)NC(=O)c2cccc(S(=O)(=O)Nc3ccccc3F)c2)cc1C. The molecule has 0 bridgehead atoms. The fourth-order valence-electron chi connectivity index (χ4n) is 2.95. The van der Waals surface area contributed by atoms with E-state index in [1.807, 2.05) is 39.0 Å². The highest BCUT2D eigenvalue weighted by Crippen LogP contribution is 2.21. The number of benzene rings is 3. The van der Waals surface area contributed by atoms with Gasteiger partial charge in [0.1, 0.15) is 5.82 Å². The van der Waals surface area contributed by atoms with Crippen LogP contribution >= 0.6 is 0 Å². The molecular formula is C23H23FN2O3S. The van der Waals surface area contributed by atoms with Crippen LogP contribution in [0.4, 0.5) is 10.1 Å². The molecule has 30 heavy (non-hydrogen) atoms. The lowest BCUT2D eigenvalue weighted by molar-refractivity contribution is 0.0939. The maximum Gasteiger partial charge on any atom is 0.262 e. The molecule has 7 heteroatoms. The zero-order chi connectivity index (χ0) is 21.9. The summed E-state index contributed by atoms with van der Waals surface area (Å²) in [7, 11) is -4.05. The number of carbonyl (C=O) groups excluding carboxylic acids is 1. The third kappa shape index (κ3) is 4.86. The molecule has 0 aliphatic carbocycles. The monoisotopic (exact) mass is 426 g/mol. The summed E-state index contributed by atoms with van der Waals surface area (Å²) in [5, 5.41) is 2.88. The van der Waals surface area contributed by atoms with Crippen LogP contribution in [0.2, 0.25) is 0 Å². The normalized spacial score (nSPS) is 12.3. The second-order valence-corrected chi connectivity index (χ2v) is 8.83. The van der Waals surface area contributed by atoms with Gasteiger partial charge in [-0.1, -0.05) is 36.4 Å². The molecule has 1 amide bonds. The van der Waals surface area contributed by atoms with E-state index < -0.39 is 21.7 Å². The summed E-state index contributed by atoms with van der Waals surface area (Å²) < 4.78 is 41.3. The molecule has 2 N–H and O–H groups in total. The Bertz CT molecular complexity index is 1190. The molecule has 0 aromatic heterocycles. The van der Waals surface area contributed by atoms with Gasteiger partial charge in [0.2, 0.25) is 0 Å². The van der Waals surface area contributed by atoms with Crippen LogP contribution in [-0.4, -0.2) is 14.3 Å². The summed E-state index contributed by atoms with van der Waals surface area (Å²) in [6.45, 7) is 5.89. The second-order valence-electron chi connectivity index (χ2n) is 7.15. The van der Waals surface area contributed by atoms with Crippen LogP contribution in [0.15, 0.2) is 71.6 Å². The van der Waals surface area contributed by atoms with E-state index in [2.05, 4.69) is 10.0 Å². The first-order chi connectivity index (χ1) is 14.2. The minimum Gasteiger partial charge on any atom is -0.346 e. The summed E-state index contributed by atoms with van der Waals surface area (Å²) in [5.74, 6) is -1.08. The number of nitrogens with one attached hydrogen (secondary N) is 2. The van der Waals surface area contributed by atoms with Crippen molar-refractivity contribution in [3.05, 3.63) is 94.8 Å². The minimum absolute atomic E-state index is 0.128. The molecule has 1 atom stereocenters. The first kappa shape index (κ1) is 21.5. The summed E-state index contributed by atoms with van der Waals surface area (Å²) in [4.78, 5) is 12.6. The van der Waals surface area contributed by atoms with Crippen molar-refractivity contribution in [2.75, 3.05) is 4.72 Å². The Morgan fingerprint density at radius 2 is 1.67 bits per heavy atom. The van der Waals surface area contributed by atoms with Crippen molar-refractivity contribution in [3.63, 3.8) is 0 Å². The number of carbonyl (C=O) groups is 1. The standard InChI is InChI=1S/C23H23FN2O3S/c1-15-11-12-18(13-16(15)2)17(3)25-23(27)19-7-6-8-20(14-19)30(28,29)26-22-10-5-4-9-21(22)24/h4-14,17,26H,1-3H3,(H,25,27). The molecule has 0 radical (unpaired) electrons. The molecule has 156 valence electrons. The number of hydrogen-bond donors (Lipinski definition) is 2. The average Bonchev–Trinajstić information content (AvgIpc) is 2.71. The van der Waals surface area contributed by atoms with E-state index in [4.69, 9.17) is 0 Å². The molecule has 0 fully saturated rings. The number of anilines is 1. The quantitative estimate of drug-likeness (QED) is 0.598. The van der Waals surface area contributed by atoms with Crippen LogP contribution in [0.3, 0.4) is 0 Å². The largest absolute Gasteiger partial charge is 0.346 e. The highest BCUT2D eigenvalue weighted by molar-refractivity contribution is 7.92. The molecule has 3 rings (SSSR count). The topological polar surface area (TPSA) is 75.3 Å². The van der Waals surface area contributed by atoms with E-state index in [0.717, 1.165) is 22.8 Å². The fourth-order valence-corrected chi connectivity index (χ4v) is 4.06. The van der Waals surface area contributed by atoms with E-state index >= 15 is 0 Å². The molecule has 0 saturated heterocycles. The number of amides is 1. The van der Waals surface area contributed by atoms with Gasteiger partial charge in [-0.2, -0.15) is 0 Å². The smallest absolute Gasteiger partial charge is 0.262 e. The first-order valence-electron chi connectivity index (χ1n) is 9.43. The van der Waals surface area contributed by atoms with Crippen molar-refractivity contribution in [2.24, 2.45) is 0 Å². The zero-order valence-electron chi connectivity index (χ0n) is 16.9. The van der Waals surface area contributed by atoms with Gasteiger partial charge in [-0.3, -0.25) is 9.52 Å². The van der Waals surface area contributed by atoms with Crippen LogP contribution in [0.5, 0.6) is 0 Å². The van der Waals surface area contributed by atoms with Crippen LogP contribution in [0.1, 0.15) is 40.0 Å². The number of hydrogen-bond acceptors (Lipinski definition) is 3. The van der Waals surface area contributed by atoms with E-state index in [1.165, 1.54) is 42.5 Å². The predicted molar refractivity (Wildman–Crippen MR) is 115 cm³/mol. The molecule has 3 aromatic rings. The van der Waals surface area contributed by atoms with Gasteiger partial charge in [0.25, 0.3) is 15.9 Å². The van der Waals surface area contributed by atoms with Crippen molar-refractivity contribution in [2.45, 2.75) is 31.7 Å². The van der Waals surface area contributed by atoms with Crippen LogP contribution < -0.4 is 10.0 Å². The van der Waals surface area contributed by atoms with E-state index in [9.17, 15) is 17.6 Å². The fraction of sp³-hybridized carbons (Fsp3) is 0.174. The zero-order valence-corrected chi connectivity index (χ0v) is 17.8. The van der Waals surface area contributed by atoms with Crippen molar-refractivity contribution in [3.8, 4) is 0 Å². The second kappa shape index (κ2) is 8.67. The number of aryl methyl sites for hydroxylation is 2. The third-order valence-electron chi connectivity index (χ3n) is 4.90. The lowest BCUT2D eigenvalue weighted by Gasteiger charge is -2.16. The minimum atomic E-state index is -4.05. The van der Waals surface area contributed by atoms with E-state index in [0.29, 0.717) is 0 Å². The van der Waals surface area contributed by atoms with Gasteiger partial charge < -0.3 is 5.32 Å². The van der Waals surface area contributed by atoms with Gasteiger partial charge in [-0.05, 0) is 67.8 Å². The highest BCUT2D eigenvalue weighted by Gasteiger charge is 2.19. The third-order valence-corrected chi connectivity index (χ3v) is 6.27. The van der Waals surface area contributed by atoms with Crippen molar-refractivity contribution in [1.29, 1.82) is 0 Å². The van der Waals surface area contributed by atoms with E-state index in [-0.39, 0.29) is 22.2 Å². The van der Waals surface area contributed by atoms with Crippen LogP contribution in [0, 0.1) is 19.7 Å². The Labute approximate surface area is 176 Å². The first-order valence-corrected chi connectivity index (χ1v) is 10.9. The Hall–Kier alpha value is -3.19. The highest BCUT2D eigenvalue weighted by atomic mass is 32.2. The van der Waals surface area contributed by atoms with Gasteiger partial charge >= 0.3 is 0 Å². The summed E-state index contributed by atoms with van der Waals surface area (Å²) in [5.41, 5.74) is 3.28. The molecule has 1 unspecified atom stereocenters. The summed E-state index contributed by atoms with van der Waals surface area (Å²) >= 11 is 0. The van der Waals surface area contributed by atoms with Crippen molar-refractivity contribution >= 4 is 21.6 Å². The van der Waals surface area contributed by atoms with Gasteiger partial charge in [0, 0.05) is 5.56 Å². The average molecular weight is 427 g/mol. The van der Waals surface area contributed by atoms with Gasteiger partial charge in [0.05, 0.1) is 16.6 Å². The maximum atomic E-state index is 13.8. The molecule has 0 saturated carbocycles. The van der Waals surface area contributed by atoms with Gasteiger partial charge in [-0.15, -0.1) is 0 Å². The van der Waals surface area contributed by atoms with E-state index in [1.54, 1.807) is 0 Å². The lowest BCUT2D eigenvalue weighted by Crippen LogP contribution is -2.27. The predicted octanol–water partition coefficient (Wildman–Crippen LogP) is 4.73. The van der Waals surface area contributed by atoms with Crippen molar-refractivity contribution < 1.29 is 17.6 Å². The molecule has 3 aromatic carbocycles. The molecule has 0 spiro atoms. The lowest BCUT2D eigenvalue weighted by atomic mass is 10.0. The molecule has 0 aliphatic rings. The van der Waals surface area contributed by atoms with Crippen molar-refractivity contribution in [1.82, 2.24) is 5.32 Å².